The predicted molar refractivity (Wildman–Crippen MR) is 126 cm³/mol. The molecule has 1 saturated heterocycles. The van der Waals surface area contributed by atoms with E-state index in [9.17, 15) is 5.11 Å². The topological polar surface area (TPSA) is 45.2 Å². The lowest BCUT2D eigenvalue weighted by molar-refractivity contribution is 0.0741. The molecule has 3 rings (SSSR count). The van der Waals surface area contributed by atoms with Crippen molar-refractivity contribution in [1.29, 1.82) is 0 Å². The Labute approximate surface area is 187 Å². The van der Waals surface area contributed by atoms with Crippen molar-refractivity contribution in [3.05, 3.63) is 59.2 Å². The van der Waals surface area contributed by atoms with Crippen LogP contribution in [-0.2, 0) is 6.54 Å². The van der Waals surface area contributed by atoms with Crippen LogP contribution in [0.3, 0.4) is 0 Å². The Balaban J connectivity index is 1.39. The van der Waals surface area contributed by atoms with Crippen molar-refractivity contribution in [2.24, 2.45) is 0 Å². The van der Waals surface area contributed by atoms with E-state index in [4.69, 9.17) is 9.47 Å². The lowest BCUT2D eigenvalue weighted by Gasteiger charge is -2.26. The molecule has 5 nitrogen and oxygen atoms in total. The number of aryl methyl sites for hydroxylation is 2. The minimum Gasteiger partial charge on any atom is -0.492 e. The van der Waals surface area contributed by atoms with E-state index < -0.39 is 6.10 Å². The fourth-order valence-electron chi connectivity index (χ4n) is 4.15. The Morgan fingerprint density at radius 2 is 1.84 bits per heavy atom. The van der Waals surface area contributed by atoms with Crippen LogP contribution in [0.2, 0.25) is 0 Å². The van der Waals surface area contributed by atoms with Crippen molar-refractivity contribution < 1.29 is 14.6 Å². The third-order valence-corrected chi connectivity index (χ3v) is 5.76. The van der Waals surface area contributed by atoms with Crippen molar-refractivity contribution in [2.75, 3.05) is 46.4 Å². The molecule has 31 heavy (non-hydrogen) atoms. The number of aliphatic hydroxyl groups is 1. The summed E-state index contributed by atoms with van der Waals surface area (Å²) in [6.45, 7) is 9.80. The summed E-state index contributed by atoms with van der Waals surface area (Å²) >= 11 is 0. The van der Waals surface area contributed by atoms with Gasteiger partial charge in [-0.2, -0.15) is 0 Å². The number of ether oxygens (including phenoxy) is 2. The second-order valence-corrected chi connectivity index (χ2v) is 8.83. The van der Waals surface area contributed by atoms with Crippen LogP contribution in [0.15, 0.2) is 42.5 Å². The maximum absolute atomic E-state index is 10.4. The van der Waals surface area contributed by atoms with Gasteiger partial charge in [0.05, 0.1) is 0 Å². The van der Waals surface area contributed by atoms with Crippen molar-refractivity contribution in [1.82, 2.24) is 9.80 Å². The monoisotopic (exact) mass is 426 g/mol. The van der Waals surface area contributed by atoms with Gasteiger partial charge in [0, 0.05) is 19.6 Å². The zero-order valence-electron chi connectivity index (χ0n) is 19.3. The largest absolute Gasteiger partial charge is 0.492 e. The van der Waals surface area contributed by atoms with Crippen LogP contribution in [0.5, 0.6) is 11.5 Å². The first-order chi connectivity index (χ1) is 15.0. The normalized spacial score (nSPS) is 15.8. The summed E-state index contributed by atoms with van der Waals surface area (Å²) in [4.78, 5) is 4.60. The van der Waals surface area contributed by atoms with Gasteiger partial charge in [0.1, 0.15) is 30.8 Å². The van der Waals surface area contributed by atoms with Crippen molar-refractivity contribution in [3.63, 3.8) is 0 Å². The van der Waals surface area contributed by atoms with Crippen molar-refractivity contribution in [2.45, 2.75) is 45.8 Å². The van der Waals surface area contributed by atoms with Gasteiger partial charge in [-0.1, -0.05) is 36.2 Å². The number of hydrogen-bond donors (Lipinski definition) is 1. The summed E-state index contributed by atoms with van der Waals surface area (Å²) in [5.74, 6) is 1.75. The zero-order chi connectivity index (χ0) is 22.1. The molecular formula is C26H38N2O3. The van der Waals surface area contributed by atoms with E-state index in [1.807, 2.05) is 38.2 Å². The smallest absolute Gasteiger partial charge is 0.122 e. The molecule has 0 aromatic heterocycles. The molecule has 0 radical (unpaired) electrons. The molecule has 5 heteroatoms. The lowest BCUT2D eigenvalue weighted by atomic mass is 10.1. The predicted octanol–water partition coefficient (Wildman–Crippen LogP) is 4.04. The number of piperidine rings is 1. The Morgan fingerprint density at radius 3 is 2.61 bits per heavy atom. The quantitative estimate of drug-likeness (QED) is 0.588. The summed E-state index contributed by atoms with van der Waals surface area (Å²) in [5, 5.41) is 10.4. The van der Waals surface area contributed by atoms with Crippen LogP contribution < -0.4 is 9.47 Å². The number of aliphatic hydroxyl groups excluding tert-OH is 1. The second-order valence-electron chi connectivity index (χ2n) is 8.83. The maximum atomic E-state index is 10.4. The first-order valence-corrected chi connectivity index (χ1v) is 11.5. The molecule has 1 fully saturated rings. The average Bonchev–Trinajstić information content (AvgIpc) is 2.74. The molecule has 0 saturated carbocycles. The highest BCUT2D eigenvalue weighted by Gasteiger charge is 2.12. The van der Waals surface area contributed by atoms with Crippen LogP contribution >= 0.6 is 0 Å². The maximum Gasteiger partial charge on any atom is 0.122 e. The number of benzene rings is 2. The van der Waals surface area contributed by atoms with Gasteiger partial charge in [0.25, 0.3) is 0 Å². The SMILES string of the molecule is Cc1ccc(OC[C@@H](O)CN(C)Cc2cccc(OCCN3CCCCC3)c2)c(C)c1. The fourth-order valence-corrected chi connectivity index (χ4v) is 4.15. The van der Waals surface area contributed by atoms with E-state index in [1.165, 1.54) is 43.5 Å². The van der Waals surface area contributed by atoms with Gasteiger partial charge >= 0.3 is 0 Å². The molecule has 0 spiro atoms. The molecule has 1 atom stereocenters. The molecule has 0 bridgehead atoms. The Morgan fingerprint density at radius 1 is 1.03 bits per heavy atom. The summed E-state index contributed by atoms with van der Waals surface area (Å²) < 4.78 is 11.8. The summed E-state index contributed by atoms with van der Waals surface area (Å²) in [5.41, 5.74) is 3.49. The molecule has 0 aliphatic carbocycles. The minimum absolute atomic E-state index is 0.286. The molecule has 0 amide bonds. The molecule has 1 N–H and O–H groups in total. The second kappa shape index (κ2) is 12.1. The summed E-state index contributed by atoms with van der Waals surface area (Å²) in [6.07, 6.45) is 3.43. The Hall–Kier alpha value is -2.08. The van der Waals surface area contributed by atoms with Gasteiger partial charge in [-0.15, -0.1) is 0 Å². The number of likely N-dealkylation sites (tertiary alicyclic amines) is 1. The molecule has 1 heterocycles. The average molecular weight is 427 g/mol. The number of hydrogen-bond acceptors (Lipinski definition) is 5. The highest BCUT2D eigenvalue weighted by molar-refractivity contribution is 5.35. The highest BCUT2D eigenvalue weighted by Crippen LogP contribution is 2.19. The first-order valence-electron chi connectivity index (χ1n) is 11.5. The van der Waals surface area contributed by atoms with Gasteiger partial charge in [0.15, 0.2) is 0 Å². The molecule has 2 aromatic carbocycles. The highest BCUT2D eigenvalue weighted by atomic mass is 16.5. The van der Waals surface area contributed by atoms with Gasteiger partial charge in [-0.05, 0) is 76.2 Å². The summed E-state index contributed by atoms with van der Waals surface area (Å²) in [6, 6.07) is 14.4. The van der Waals surface area contributed by atoms with Crippen molar-refractivity contribution >= 4 is 0 Å². The number of likely N-dealkylation sites (N-methyl/N-ethyl adjacent to an activating group) is 1. The van der Waals surface area contributed by atoms with Crippen LogP contribution in [-0.4, -0.2) is 67.5 Å². The van der Waals surface area contributed by atoms with Crippen LogP contribution in [0.25, 0.3) is 0 Å². The van der Waals surface area contributed by atoms with E-state index in [-0.39, 0.29) is 6.61 Å². The number of rotatable bonds is 11. The molecule has 0 unspecified atom stereocenters. The third kappa shape index (κ3) is 8.17. The lowest BCUT2D eigenvalue weighted by Crippen LogP contribution is -2.33. The van der Waals surface area contributed by atoms with Gasteiger partial charge in [0.2, 0.25) is 0 Å². The molecular weight excluding hydrogens is 388 g/mol. The van der Waals surface area contributed by atoms with Gasteiger partial charge in [-0.3, -0.25) is 9.80 Å². The van der Waals surface area contributed by atoms with Crippen LogP contribution in [0.1, 0.15) is 36.0 Å². The first kappa shape index (κ1) is 23.6. The number of nitrogens with zero attached hydrogens (tertiary/aromatic N) is 2. The molecule has 2 aromatic rings. The van der Waals surface area contributed by atoms with Crippen LogP contribution in [0, 0.1) is 13.8 Å². The van der Waals surface area contributed by atoms with E-state index in [1.54, 1.807) is 0 Å². The standard InChI is InChI=1S/C26H38N2O3/c1-21-10-11-26(22(2)16-21)31-20-24(29)19-27(3)18-23-8-7-9-25(17-23)30-15-14-28-12-5-4-6-13-28/h7-11,16-17,24,29H,4-6,12-15,18-20H2,1-3H3/t24-/m0/s1. The van der Waals surface area contributed by atoms with Gasteiger partial charge < -0.3 is 14.6 Å². The van der Waals surface area contributed by atoms with E-state index in [0.717, 1.165) is 36.8 Å². The molecule has 1 aliphatic heterocycles. The molecule has 170 valence electrons. The summed E-state index contributed by atoms with van der Waals surface area (Å²) in [7, 11) is 2.02. The zero-order valence-corrected chi connectivity index (χ0v) is 19.3. The third-order valence-electron chi connectivity index (χ3n) is 5.76. The fraction of sp³-hybridized carbons (Fsp3) is 0.538. The Bertz CT molecular complexity index is 805. The van der Waals surface area contributed by atoms with Crippen LogP contribution in [0.4, 0.5) is 0 Å². The van der Waals surface area contributed by atoms with E-state index >= 15 is 0 Å². The van der Waals surface area contributed by atoms with Crippen molar-refractivity contribution in [3.8, 4) is 11.5 Å². The van der Waals surface area contributed by atoms with E-state index in [2.05, 4.69) is 34.9 Å². The Kier molecular flexibility index (Phi) is 9.19. The molecule has 1 aliphatic rings. The van der Waals surface area contributed by atoms with Gasteiger partial charge in [-0.25, -0.2) is 0 Å². The minimum atomic E-state index is -0.547. The van der Waals surface area contributed by atoms with E-state index in [0.29, 0.717) is 6.54 Å².